The molecule has 3 N–H and O–H groups in total. The molecule has 1 aliphatic heterocycles. The maximum absolute atomic E-state index is 6.20. The molecule has 0 aromatic carbocycles. The molecular weight excluding hydrogens is 285 g/mol. The summed E-state index contributed by atoms with van der Waals surface area (Å²) in [6, 6.07) is 2.20. The van der Waals surface area contributed by atoms with Crippen molar-refractivity contribution in [3.8, 4) is 0 Å². The van der Waals surface area contributed by atoms with Crippen molar-refractivity contribution in [2.24, 2.45) is 5.84 Å². The number of hydrazine groups is 1. The average molecular weight is 304 g/mol. The zero-order valence-electron chi connectivity index (χ0n) is 11.2. The Balaban J connectivity index is 2.16. The summed E-state index contributed by atoms with van der Waals surface area (Å²) >= 11 is 12.2. The Morgan fingerprint density at radius 3 is 2.84 bits per heavy atom. The van der Waals surface area contributed by atoms with Gasteiger partial charge in [-0.1, -0.05) is 23.2 Å². The highest BCUT2D eigenvalue weighted by atomic mass is 35.5. The zero-order valence-corrected chi connectivity index (χ0v) is 12.7. The van der Waals surface area contributed by atoms with Gasteiger partial charge in [0.15, 0.2) is 5.82 Å². The number of nitrogen functional groups attached to an aromatic ring is 1. The van der Waals surface area contributed by atoms with E-state index < -0.39 is 0 Å². The smallest absolute Gasteiger partial charge is 0.161 e. The molecule has 0 saturated carbocycles. The lowest BCUT2D eigenvalue weighted by molar-refractivity contribution is 0.314. The Labute approximate surface area is 123 Å². The summed E-state index contributed by atoms with van der Waals surface area (Å²) in [4.78, 5) is 8.78. The number of nitrogens with two attached hydrogens (primary N) is 1. The lowest BCUT2D eigenvalue weighted by atomic mass is 10.2. The van der Waals surface area contributed by atoms with Crippen molar-refractivity contribution >= 4 is 34.8 Å². The Morgan fingerprint density at radius 1 is 1.53 bits per heavy atom. The molecule has 7 heteroatoms. The second-order valence-electron chi connectivity index (χ2n) is 4.93. The van der Waals surface area contributed by atoms with Crippen LogP contribution in [0.4, 0.5) is 11.6 Å². The topological polar surface area (TPSA) is 57.4 Å². The van der Waals surface area contributed by atoms with Gasteiger partial charge in [0.1, 0.15) is 5.82 Å². The maximum Gasteiger partial charge on any atom is 0.161 e. The van der Waals surface area contributed by atoms with E-state index in [9.17, 15) is 0 Å². The van der Waals surface area contributed by atoms with Gasteiger partial charge in [-0.05, 0) is 32.5 Å². The maximum atomic E-state index is 6.20. The fourth-order valence-corrected chi connectivity index (χ4v) is 3.00. The van der Waals surface area contributed by atoms with Crippen LogP contribution in [0.3, 0.4) is 0 Å². The van der Waals surface area contributed by atoms with Gasteiger partial charge in [-0.2, -0.15) is 0 Å². The second-order valence-corrected chi connectivity index (χ2v) is 5.74. The zero-order chi connectivity index (χ0) is 14.0. The normalized spacial score (nSPS) is 19.7. The number of hydrogen-bond donors (Lipinski definition) is 2. The van der Waals surface area contributed by atoms with Crippen molar-refractivity contribution in [2.45, 2.75) is 18.9 Å². The first-order valence-corrected chi connectivity index (χ1v) is 7.02. The van der Waals surface area contributed by atoms with Crippen molar-refractivity contribution in [1.29, 1.82) is 0 Å². The van der Waals surface area contributed by atoms with Crippen molar-refractivity contribution < 1.29 is 0 Å². The molecule has 1 atom stereocenters. The standard InChI is InChI=1S/C12H19Cl2N5/c1-18-5-3-4-8(18)7-19(2)12-10(14)6-9(13)11(16-12)17-15/h6,8H,3-5,7,15H2,1-2H3,(H,16,17). The molecule has 0 spiro atoms. The van der Waals surface area contributed by atoms with Crippen molar-refractivity contribution in [1.82, 2.24) is 9.88 Å². The summed E-state index contributed by atoms with van der Waals surface area (Å²) in [7, 11) is 4.13. The van der Waals surface area contributed by atoms with Gasteiger partial charge in [-0.3, -0.25) is 0 Å². The van der Waals surface area contributed by atoms with Gasteiger partial charge in [0.05, 0.1) is 10.0 Å². The van der Waals surface area contributed by atoms with E-state index in [0.29, 0.717) is 27.7 Å². The van der Waals surface area contributed by atoms with Crippen LogP contribution in [0, 0.1) is 0 Å². The molecule has 5 nitrogen and oxygen atoms in total. The minimum absolute atomic E-state index is 0.419. The van der Waals surface area contributed by atoms with Crippen LogP contribution in [0.1, 0.15) is 12.8 Å². The Morgan fingerprint density at radius 2 is 2.26 bits per heavy atom. The molecule has 0 bridgehead atoms. The van der Waals surface area contributed by atoms with Crippen LogP contribution in [0.2, 0.25) is 10.0 Å². The van der Waals surface area contributed by atoms with Crippen LogP contribution in [-0.2, 0) is 0 Å². The van der Waals surface area contributed by atoms with Crippen LogP contribution in [0.25, 0.3) is 0 Å². The highest BCUT2D eigenvalue weighted by Gasteiger charge is 2.23. The van der Waals surface area contributed by atoms with Crippen LogP contribution >= 0.6 is 23.2 Å². The number of nitrogens with zero attached hydrogens (tertiary/aromatic N) is 3. The van der Waals surface area contributed by atoms with Gasteiger partial charge >= 0.3 is 0 Å². The molecule has 1 aromatic rings. The molecule has 1 aromatic heterocycles. The van der Waals surface area contributed by atoms with E-state index in [-0.39, 0.29) is 0 Å². The lowest BCUT2D eigenvalue weighted by Gasteiger charge is -2.27. The van der Waals surface area contributed by atoms with E-state index in [2.05, 4.69) is 22.4 Å². The number of likely N-dealkylation sites (tertiary alicyclic amines) is 1. The monoisotopic (exact) mass is 303 g/mol. The molecule has 106 valence electrons. The molecule has 2 heterocycles. The predicted molar refractivity (Wildman–Crippen MR) is 81.0 cm³/mol. The largest absolute Gasteiger partial charge is 0.357 e. The number of nitrogens with one attached hydrogen (secondary N) is 1. The van der Waals surface area contributed by atoms with Gasteiger partial charge < -0.3 is 15.2 Å². The third-order valence-corrected chi connectivity index (χ3v) is 4.13. The predicted octanol–water partition coefficient (Wildman–Crippen LogP) is 2.20. The molecule has 1 fully saturated rings. The van der Waals surface area contributed by atoms with E-state index >= 15 is 0 Å². The SMILES string of the molecule is CN(CC1CCCN1C)c1nc(NN)c(Cl)cc1Cl. The first kappa shape index (κ1) is 14.7. The Kier molecular flexibility index (Phi) is 4.73. The molecule has 19 heavy (non-hydrogen) atoms. The lowest BCUT2D eigenvalue weighted by Crippen LogP contribution is -2.37. The fraction of sp³-hybridized carbons (Fsp3) is 0.583. The van der Waals surface area contributed by atoms with Crippen LogP contribution < -0.4 is 16.2 Å². The van der Waals surface area contributed by atoms with Crippen LogP contribution in [0.5, 0.6) is 0 Å². The van der Waals surface area contributed by atoms with Gasteiger partial charge in [-0.25, -0.2) is 10.8 Å². The van der Waals surface area contributed by atoms with E-state index in [0.717, 1.165) is 13.1 Å². The summed E-state index contributed by atoms with van der Waals surface area (Å²) in [6.45, 7) is 2.03. The minimum Gasteiger partial charge on any atom is -0.357 e. The van der Waals surface area contributed by atoms with Crippen molar-refractivity contribution in [3.63, 3.8) is 0 Å². The van der Waals surface area contributed by atoms with Gasteiger partial charge in [0.2, 0.25) is 0 Å². The summed E-state index contributed by atoms with van der Waals surface area (Å²) in [5.41, 5.74) is 2.48. The van der Waals surface area contributed by atoms with Crippen LogP contribution in [-0.4, -0.2) is 43.1 Å². The van der Waals surface area contributed by atoms with E-state index in [4.69, 9.17) is 29.0 Å². The van der Waals surface area contributed by atoms with Gasteiger partial charge in [0, 0.05) is 19.6 Å². The fourth-order valence-electron chi connectivity index (χ4n) is 2.44. The Bertz CT molecular complexity index is 454. The first-order valence-electron chi connectivity index (χ1n) is 6.27. The molecule has 0 radical (unpaired) electrons. The molecule has 1 saturated heterocycles. The van der Waals surface area contributed by atoms with E-state index in [1.165, 1.54) is 12.8 Å². The number of hydrogen-bond acceptors (Lipinski definition) is 5. The molecule has 0 aliphatic carbocycles. The summed E-state index contributed by atoms with van der Waals surface area (Å²) < 4.78 is 0. The quantitative estimate of drug-likeness (QED) is 0.660. The van der Waals surface area contributed by atoms with Crippen LogP contribution in [0.15, 0.2) is 6.07 Å². The molecule has 1 unspecified atom stereocenters. The molecular formula is C12H19Cl2N5. The third kappa shape index (κ3) is 3.23. The number of anilines is 2. The number of likely N-dealkylation sites (N-methyl/N-ethyl adjacent to an activating group) is 2. The number of pyridine rings is 1. The number of rotatable bonds is 4. The molecule has 0 amide bonds. The summed E-state index contributed by atoms with van der Waals surface area (Å²) in [5, 5.41) is 0.954. The summed E-state index contributed by atoms with van der Waals surface area (Å²) in [6.07, 6.45) is 2.44. The van der Waals surface area contributed by atoms with Crippen molar-refractivity contribution in [3.05, 3.63) is 16.1 Å². The van der Waals surface area contributed by atoms with Crippen molar-refractivity contribution in [2.75, 3.05) is 37.5 Å². The van der Waals surface area contributed by atoms with Gasteiger partial charge in [-0.15, -0.1) is 0 Å². The van der Waals surface area contributed by atoms with E-state index in [1.807, 2.05) is 11.9 Å². The first-order chi connectivity index (χ1) is 9.02. The highest BCUT2D eigenvalue weighted by Crippen LogP contribution is 2.31. The average Bonchev–Trinajstić information content (AvgIpc) is 2.75. The van der Waals surface area contributed by atoms with E-state index in [1.54, 1.807) is 6.07 Å². The second kappa shape index (κ2) is 6.13. The molecule has 1 aliphatic rings. The number of aromatic nitrogens is 1. The van der Waals surface area contributed by atoms with Gasteiger partial charge in [0.25, 0.3) is 0 Å². The summed E-state index contributed by atoms with van der Waals surface area (Å²) in [5.74, 6) is 6.52. The number of halogens is 2. The Hall–Kier alpha value is -0.750. The third-order valence-electron chi connectivity index (χ3n) is 3.57. The minimum atomic E-state index is 0.419. The molecule has 2 rings (SSSR count). The highest BCUT2D eigenvalue weighted by molar-refractivity contribution is 6.37.